The van der Waals surface area contributed by atoms with Crippen LogP contribution in [0.15, 0.2) is 6.20 Å². The number of aromatic nitrogens is 2. The van der Waals surface area contributed by atoms with Crippen molar-refractivity contribution in [3.05, 3.63) is 11.9 Å². The van der Waals surface area contributed by atoms with Crippen LogP contribution in [0.3, 0.4) is 0 Å². The minimum Gasteiger partial charge on any atom is -0.348 e. The summed E-state index contributed by atoms with van der Waals surface area (Å²) in [6.07, 6.45) is 7.59. The molecular formula is C15H28N4. The van der Waals surface area contributed by atoms with Gasteiger partial charge in [0.15, 0.2) is 0 Å². The Bertz CT molecular complexity index is 397. The molecule has 1 aliphatic rings. The molecule has 2 unspecified atom stereocenters. The second-order valence-electron chi connectivity index (χ2n) is 6.27. The van der Waals surface area contributed by atoms with Crippen molar-refractivity contribution in [2.24, 2.45) is 18.9 Å². The smallest absolute Gasteiger partial charge is 0.204 e. The van der Waals surface area contributed by atoms with E-state index in [0.29, 0.717) is 0 Å². The van der Waals surface area contributed by atoms with Gasteiger partial charge in [0.25, 0.3) is 0 Å². The molecule has 4 heteroatoms. The molecule has 0 amide bonds. The Labute approximate surface area is 117 Å². The van der Waals surface area contributed by atoms with Gasteiger partial charge in [-0.15, -0.1) is 0 Å². The number of hydrogen-bond donors (Lipinski definition) is 1. The Morgan fingerprint density at radius 1 is 1.42 bits per heavy atom. The van der Waals surface area contributed by atoms with Crippen molar-refractivity contribution in [3.8, 4) is 0 Å². The van der Waals surface area contributed by atoms with E-state index in [-0.39, 0.29) is 0 Å². The fourth-order valence-electron chi connectivity index (χ4n) is 3.16. The summed E-state index contributed by atoms with van der Waals surface area (Å²) in [4.78, 5) is 6.49. The molecular weight excluding hydrogens is 236 g/mol. The average Bonchev–Trinajstić information content (AvgIpc) is 2.71. The molecule has 0 aromatic carbocycles. The summed E-state index contributed by atoms with van der Waals surface area (Å²) in [6, 6.07) is 0. The summed E-state index contributed by atoms with van der Waals surface area (Å²) >= 11 is 0. The van der Waals surface area contributed by atoms with E-state index in [0.717, 1.165) is 30.9 Å². The van der Waals surface area contributed by atoms with Gasteiger partial charge in [0.05, 0.1) is 11.9 Å². The van der Waals surface area contributed by atoms with Crippen LogP contribution in [0.25, 0.3) is 0 Å². The fraction of sp³-hybridized carbons (Fsp3) is 0.800. The lowest BCUT2D eigenvalue weighted by Crippen LogP contribution is -2.27. The molecule has 1 N–H and O–H groups in total. The monoisotopic (exact) mass is 264 g/mol. The highest BCUT2D eigenvalue weighted by Crippen LogP contribution is 2.27. The van der Waals surface area contributed by atoms with Gasteiger partial charge >= 0.3 is 0 Å². The Balaban J connectivity index is 1.79. The molecule has 1 aromatic rings. The molecule has 2 rings (SSSR count). The van der Waals surface area contributed by atoms with E-state index < -0.39 is 0 Å². The summed E-state index contributed by atoms with van der Waals surface area (Å²) in [5.41, 5.74) is 1.26. The third-order valence-corrected chi connectivity index (χ3v) is 4.24. The van der Waals surface area contributed by atoms with Gasteiger partial charge in [-0.3, -0.25) is 0 Å². The van der Waals surface area contributed by atoms with Crippen molar-refractivity contribution in [3.63, 3.8) is 0 Å². The molecule has 1 fully saturated rings. The van der Waals surface area contributed by atoms with Gasteiger partial charge < -0.3 is 14.8 Å². The van der Waals surface area contributed by atoms with Gasteiger partial charge in [0.1, 0.15) is 0 Å². The van der Waals surface area contributed by atoms with Crippen LogP contribution in [0.5, 0.6) is 0 Å². The van der Waals surface area contributed by atoms with Crippen molar-refractivity contribution in [1.29, 1.82) is 0 Å². The largest absolute Gasteiger partial charge is 0.348 e. The Kier molecular flexibility index (Phi) is 4.86. The lowest BCUT2D eigenvalue weighted by Gasteiger charge is -2.26. The molecule has 4 nitrogen and oxygen atoms in total. The average molecular weight is 264 g/mol. The molecule has 1 heterocycles. The van der Waals surface area contributed by atoms with Crippen LogP contribution in [-0.4, -0.2) is 30.2 Å². The van der Waals surface area contributed by atoms with E-state index in [9.17, 15) is 0 Å². The standard InChI is InChI=1S/C15H28N4/c1-12-6-5-7-13(8-12)9-16-10-14-11-17-15(18(2)3)19(14)4/h11-13,16H,5-10H2,1-4H3. The van der Waals surface area contributed by atoms with Crippen molar-refractivity contribution in [1.82, 2.24) is 14.9 Å². The highest BCUT2D eigenvalue weighted by Gasteiger charge is 2.18. The van der Waals surface area contributed by atoms with E-state index in [1.807, 2.05) is 25.2 Å². The van der Waals surface area contributed by atoms with E-state index >= 15 is 0 Å². The zero-order valence-corrected chi connectivity index (χ0v) is 12.8. The summed E-state index contributed by atoms with van der Waals surface area (Å²) in [7, 11) is 6.15. The SMILES string of the molecule is CC1CCCC(CNCc2cnc(N(C)C)n2C)C1. The number of nitrogens with one attached hydrogen (secondary N) is 1. The van der Waals surface area contributed by atoms with Crippen molar-refractivity contribution in [2.75, 3.05) is 25.5 Å². The van der Waals surface area contributed by atoms with Crippen molar-refractivity contribution < 1.29 is 0 Å². The summed E-state index contributed by atoms with van der Waals surface area (Å²) in [5.74, 6) is 2.80. The minimum atomic E-state index is 0.866. The molecule has 2 atom stereocenters. The number of anilines is 1. The lowest BCUT2D eigenvalue weighted by molar-refractivity contribution is 0.273. The van der Waals surface area contributed by atoms with Gasteiger partial charge in [0.2, 0.25) is 5.95 Å². The van der Waals surface area contributed by atoms with Gasteiger partial charge in [-0.25, -0.2) is 4.98 Å². The molecule has 0 bridgehead atoms. The normalized spacial score (nSPS) is 23.6. The number of imidazole rings is 1. The third-order valence-electron chi connectivity index (χ3n) is 4.24. The fourth-order valence-corrected chi connectivity index (χ4v) is 3.16. The molecule has 19 heavy (non-hydrogen) atoms. The van der Waals surface area contributed by atoms with E-state index in [1.165, 1.54) is 31.4 Å². The first-order valence-electron chi connectivity index (χ1n) is 7.46. The molecule has 0 aliphatic heterocycles. The number of nitrogens with zero attached hydrogens (tertiary/aromatic N) is 3. The molecule has 0 radical (unpaired) electrons. The molecule has 108 valence electrons. The van der Waals surface area contributed by atoms with Crippen LogP contribution in [0.1, 0.15) is 38.3 Å². The summed E-state index contributed by atoms with van der Waals surface area (Å²) in [5, 5.41) is 3.61. The van der Waals surface area contributed by atoms with Crippen LogP contribution in [-0.2, 0) is 13.6 Å². The van der Waals surface area contributed by atoms with Crippen LogP contribution >= 0.6 is 0 Å². The lowest BCUT2D eigenvalue weighted by atomic mass is 9.82. The summed E-state index contributed by atoms with van der Waals surface area (Å²) < 4.78 is 2.16. The topological polar surface area (TPSA) is 33.1 Å². The van der Waals surface area contributed by atoms with Gasteiger partial charge in [0, 0.05) is 27.7 Å². The number of hydrogen-bond acceptors (Lipinski definition) is 3. The molecule has 1 aromatic heterocycles. The maximum atomic E-state index is 4.44. The Morgan fingerprint density at radius 3 is 2.84 bits per heavy atom. The molecule has 0 saturated heterocycles. The van der Waals surface area contributed by atoms with Gasteiger partial charge in [-0.05, 0) is 31.2 Å². The Hall–Kier alpha value is -1.03. The van der Waals surface area contributed by atoms with Crippen LogP contribution < -0.4 is 10.2 Å². The molecule has 1 saturated carbocycles. The third kappa shape index (κ3) is 3.72. The van der Waals surface area contributed by atoms with Crippen molar-refractivity contribution >= 4 is 5.95 Å². The molecule has 0 spiro atoms. The summed E-state index contributed by atoms with van der Waals surface area (Å²) in [6.45, 7) is 4.45. The van der Waals surface area contributed by atoms with E-state index in [1.54, 1.807) is 0 Å². The quantitative estimate of drug-likeness (QED) is 0.886. The van der Waals surface area contributed by atoms with Crippen molar-refractivity contribution in [2.45, 2.75) is 39.2 Å². The predicted octanol–water partition coefficient (Wildman–Crippen LogP) is 2.40. The predicted molar refractivity (Wildman–Crippen MR) is 80.4 cm³/mol. The maximum Gasteiger partial charge on any atom is 0.204 e. The highest BCUT2D eigenvalue weighted by molar-refractivity contribution is 5.30. The zero-order chi connectivity index (χ0) is 13.8. The van der Waals surface area contributed by atoms with Crippen LogP contribution in [0, 0.1) is 11.8 Å². The number of rotatable bonds is 5. The first kappa shape index (κ1) is 14.4. The van der Waals surface area contributed by atoms with E-state index in [2.05, 4.69) is 28.8 Å². The van der Waals surface area contributed by atoms with E-state index in [4.69, 9.17) is 0 Å². The van der Waals surface area contributed by atoms with Crippen LogP contribution in [0.4, 0.5) is 5.95 Å². The first-order chi connectivity index (χ1) is 9.08. The van der Waals surface area contributed by atoms with Gasteiger partial charge in [-0.2, -0.15) is 0 Å². The first-order valence-corrected chi connectivity index (χ1v) is 7.46. The van der Waals surface area contributed by atoms with Gasteiger partial charge in [-0.1, -0.05) is 19.8 Å². The minimum absolute atomic E-state index is 0.866. The van der Waals surface area contributed by atoms with Crippen LogP contribution in [0.2, 0.25) is 0 Å². The zero-order valence-electron chi connectivity index (χ0n) is 12.8. The maximum absolute atomic E-state index is 4.44. The Morgan fingerprint density at radius 2 is 2.21 bits per heavy atom. The molecule has 1 aliphatic carbocycles. The highest BCUT2D eigenvalue weighted by atomic mass is 15.3. The second-order valence-corrected chi connectivity index (χ2v) is 6.27. The second kappa shape index (κ2) is 6.42.